The van der Waals surface area contributed by atoms with Crippen molar-refractivity contribution in [2.45, 2.75) is 39.0 Å². The lowest BCUT2D eigenvalue weighted by atomic mass is 9.94. The zero-order valence-corrected chi connectivity index (χ0v) is 35.7. The van der Waals surface area contributed by atoms with E-state index in [0.717, 1.165) is 24.7 Å². The number of rotatable bonds is 8. The molecule has 1 nitrogen and oxygen atoms in total. The highest BCUT2D eigenvalue weighted by Crippen LogP contribution is 2.47. The molecule has 262 valence electrons. The minimum Gasteiger partial charge on any atom is -0.359 e. The van der Waals surface area contributed by atoms with Crippen LogP contribution in [0.2, 0.25) is 0 Å². The van der Waals surface area contributed by atoms with Gasteiger partial charge in [0.25, 0.3) is 0 Å². The van der Waals surface area contributed by atoms with E-state index in [9.17, 15) is 0 Å². The van der Waals surface area contributed by atoms with Gasteiger partial charge >= 0.3 is 0 Å². The first-order valence-corrected chi connectivity index (χ1v) is 27.9. The van der Waals surface area contributed by atoms with Crippen molar-refractivity contribution in [3.05, 3.63) is 125 Å². The molecule has 0 fully saturated rings. The van der Waals surface area contributed by atoms with Gasteiger partial charge in [-0.05, 0) is 183 Å². The molecule has 6 heterocycles. The van der Waals surface area contributed by atoms with Crippen LogP contribution in [0.4, 0.5) is 0 Å². The normalized spacial score (nSPS) is 29.1. The quantitative estimate of drug-likeness (QED) is 0.176. The van der Waals surface area contributed by atoms with Gasteiger partial charge in [-0.3, -0.25) is 0 Å². The topological polar surface area (TPSA) is 12.0 Å². The molecule has 0 saturated heterocycles. The van der Waals surface area contributed by atoms with E-state index in [0.29, 0.717) is 11.8 Å². The lowest BCUT2D eigenvalue weighted by molar-refractivity contribution is 0.564. The summed E-state index contributed by atoms with van der Waals surface area (Å²) in [6.45, 7) is 10.4. The first kappa shape index (κ1) is 37.9. The lowest BCUT2D eigenvalue weighted by Crippen LogP contribution is -2.24. The molecule has 0 amide bonds. The number of hydrogen-bond donors (Lipinski definition) is 1. The SMILES string of the molecule is C/C1=C2\C=CC=C(CC(Cc3cccs3)CP(C)CC(Cc3cccs3)CP(C)CC(Cc3cccs3)CP(C)CC1Cc1cccs1)N2. The maximum Gasteiger partial charge on any atom is 0.0373 e. The lowest BCUT2D eigenvalue weighted by Gasteiger charge is -2.32. The Bertz CT molecular complexity index is 1600. The Morgan fingerprint density at radius 2 is 1.02 bits per heavy atom. The van der Waals surface area contributed by atoms with Crippen LogP contribution in [0.3, 0.4) is 0 Å². The second kappa shape index (κ2) is 19.3. The second-order valence-electron chi connectivity index (χ2n) is 14.6. The fraction of sp³-hybridized carbons (Fsp3) is 0.463. The summed E-state index contributed by atoms with van der Waals surface area (Å²) in [6.07, 6.45) is 21.5. The van der Waals surface area contributed by atoms with Crippen LogP contribution < -0.4 is 5.32 Å². The highest BCUT2D eigenvalue weighted by Gasteiger charge is 2.27. The molecule has 0 radical (unpaired) electrons. The van der Waals surface area contributed by atoms with Gasteiger partial charge in [-0.2, -0.15) is 0 Å². The summed E-state index contributed by atoms with van der Waals surface area (Å²) in [5.74, 6) is 2.85. The molecule has 0 saturated carbocycles. The van der Waals surface area contributed by atoms with Crippen molar-refractivity contribution in [1.29, 1.82) is 0 Å². The van der Waals surface area contributed by atoms with E-state index in [-0.39, 0.29) is 23.8 Å². The number of nitrogens with one attached hydrogen (secondary N) is 1. The van der Waals surface area contributed by atoms with Crippen molar-refractivity contribution in [3.63, 3.8) is 0 Å². The van der Waals surface area contributed by atoms with E-state index in [1.165, 1.54) is 72.5 Å². The molecule has 7 atom stereocenters. The minimum absolute atomic E-state index is 0.0114. The molecular formula is C41H54NP3S4. The van der Waals surface area contributed by atoms with Crippen molar-refractivity contribution in [3.8, 4) is 0 Å². The van der Waals surface area contributed by atoms with E-state index in [1.54, 1.807) is 20.2 Å². The highest BCUT2D eigenvalue weighted by molar-refractivity contribution is 7.58. The summed E-state index contributed by atoms with van der Waals surface area (Å²) in [6, 6.07) is 18.5. The third kappa shape index (κ3) is 12.1. The minimum atomic E-state index is -0.0838. The summed E-state index contributed by atoms with van der Waals surface area (Å²) in [5.41, 5.74) is 4.34. The number of thiophene rings is 4. The average molecular weight is 782 g/mol. The summed E-state index contributed by atoms with van der Waals surface area (Å²) in [5, 5.41) is 13.1. The Balaban J connectivity index is 1.30. The largest absolute Gasteiger partial charge is 0.359 e. The highest BCUT2D eigenvalue weighted by atomic mass is 32.1. The Kier molecular flexibility index (Phi) is 14.9. The number of dihydropyridines is 1. The predicted molar refractivity (Wildman–Crippen MR) is 231 cm³/mol. The van der Waals surface area contributed by atoms with Crippen LogP contribution in [-0.4, -0.2) is 57.0 Å². The van der Waals surface area contributed by atoms with E-state index in [2.05, 4.69) is 121 Å². The van der Waals surface area contributed by atoms with Crippen LogP contribution in [0.15, 0.2) is 105 Å². The Hall–Kier alpha value is -0.890. The summed E-state index contributed by atoms with van der Waals surface area (Å²) in [4.78, 5) is 6.26. The summed E-state index contributed by atoms with van der Waals surface area (Å²) >= 11 is 7.83. The van der Waals surface area contributed by atoms with Gasteiger partial charge in [0.15, 0.2) is 0 Å². The Labute approximate surface area is 316 Å². The molecule has 2 bridgehead atoms. The number of fused-ring (bicyclic) bond motifs is 2. The molecule has 1 N–H and O–H groups in total. The third-order valence-corrected chi connectivity index (χ3v) is 20.4. The molecular weight excluding hydrogens is 728 g/mol. The molecule has 2 aliphatic heterocycles. The molecule has 49 heavy (non-hydrogen) atoms. The van der Waals surface area contributed by atoms with Crippen molar-refractivity contribution in [1.82, 2.24) is 5.32 Å². The molecule has 7 unspecified atom stereocenters. The van der Waals surface area contributed by atoms with Crippen LogP contribution in [0.1, 0.15) is 32.9 Å². The molecule has 6 rings (SSSR count). The van der Waals surface area contributed by atoms with Crippen LogP contribution in [-0.2, 0) is 25.7 Å². The van der Waals surface area contributed by atoms with Crippen LogP contribution in [0, 0.1) is 23.7 Å². The van der Waals surface area contributed by atoms with Gasteiger partial charge in [0.1, 0.15) is 0 Å². The zero-order valence-electron chi connectivity index (χ0n) is 29.7. The van der Waals surface area contributed by atoms with E-state index < -0.39 is 0 Å². The molecule has 0 spiro atoms. The smallest absolute Gasteiger partial charge is 0.0373 e. The molecule has 4 aromatic rings. The van der Waals surface area contributed by atoms with Gasteiger partial charge < -0.3 is 5.32 Å². The summed E-state index contributed by atoms with van der Waals surface area (Å²) < 4.78 is 0. The molecule has 8 heteroatoms. The van der Waals surface area contributed by atoms with Gasteiger partial charge in [0.2, 0.25) is 0 Å². The third-order valence-electron chi connectivity index (χ3n) is 10.0. The van der Waals surface area contributed by atoms with Gasteiger partial charge in [-0.25, -0.2) is 0 Å². The van der Waals surface area contributed by atoms with Crippen LogP contribution >= 0.6 is 69.1 Å². The van der Waals surface area contributed by atoms with E-state index in [1.807, 2.05) is 45.3 Å². The Morgan fingerprint density at radius 3 is 1.49 bits per heavy atom. The maximum atomic E-state index is 4.02. The van der Waals surface area contributed by atoms with Crippen molar-refractivity contribution in [2.75, 3.05) is 57.0 Å². The zero-order chi connectivity index (χ0) is 34.0. The molecule has 0 aromatic carbocycles. The second-order valence-corrected chi connectivity index (χ2v) is 26.0. The van der Waals surface area contributed by atoms with Crippen LogP contribution in [0.5, 0.6) is 0 Å². The first-order chi connectivity index (χ1) is 23.9. The van der Waals surface area contributed by atoms with Crippen molar-refractivity contribution < 1.29 is 0 Å². The van der Waals surface area contributed by atoms with Gasteiger partial charge in [-0.1, -0.05) is 30.3 Å². The van der Waals surface area contributed by atoms with Crippen molar-refractivity contribution >= 4 is 69.1 Å². The molecule has 4 aromatic heterocycles. The predicted octanol–water partition coefficient (Wildman–Crippen LogP) is 12.7. The number of hydrogen-bond acceptors (Lipinski definition) is 5. The fourth-order valence-electron chi connectivity index (χ4n) is 7.94. The summed E-state index contributed by atoms with van der Waals surface area (Å²) in [7, 11) is -0.146. The van der Waals surface area contributed by atoms with Crippen LogP contribution in [0.25, 0.3) is 0 Å². The monoisotopic (exact) mass is 781 g/mol. The molecule has 2 aliphatic rings. The van der Waals surface area contributed by atoms with E-state index in [4.69, 9.17) is 0 Å². The molecule has 0 aliphatic carbocycles. The first-order valence-electron chi connectivity index (χ1n) is 17.9. The standard InChI is InChI=1S/C41H54NP3S4/c1-31-35(24-40-14-9-19-49-40)30-45(4)29-34(23-39-13-8-18-48-39)28-44(3)27-33(22-38-12-7-17-47-38)26-43(2)25-32(21-37-11-6-16-46-37)20-36-10-5-15-41(31)42-36/h5-19,32-35,42H,20-30H2,1-4H3/b41-31-. The van der Waals surface area contributed by atoms with Crippen molar-refractivity contribution in [2.24, 2.45) is 23.7 Å². The van der Waals surface area contributed by atoms with Gasteiger partial charge in [-0.15, -0.1) is 69.1 Å². The fourth-order valence-corrected chi connectivity index (χ4v) is 18.9. The number of allylic oxidation sites excluding steroid dienone is 5. The van der Waals surface area contributed by atoms with Gasteiger partial charge in [0.05, 0.1) is 0 Å². The van der Waals surface area contributed by atoms with E-state index >= 15 is 0 Å². The Morgan fingerprint density at radius 1 is 0.592 bits per heavy atom. The average Bonchev–Trinajstić information content (AvgIpc) is 3.90. The van der Waals surface area contributed by atoms with Gasteiger partial charge in [0, 0.05) is 30.9 Å². The maximum absolute atomic E-state index is 4.02.